The van der Waals surface area contributed by atoms with Crippen LogP contribution in [0.15, 0.2) is 0 Å². The second-order valence-electron chi connectivity index (χ2n) is 5.64. The van der Waals surface area contributed by atoms with E-state index in [1.54, 1.807) is 6.92 Å². The van der Waals surface area contributed by atoms with Crippen molar-refractivity contribution in [1.82, 2.24) is 5.32 Å². The van der Waals surface area contributed by atoms with Crippen LogP contribution >= 0.6 is 12.4 Å². The van der Waals surface area contributed by atoms with E-state index >= 15 is 0 Å². The van der Waals surface area contributed by atoms with Crippen LogP contribution in [0.5, 0.6) is 0 Å². The van der Waals surface area contributed by atoms with Gasteiger partial charge >= 0.3 is 0 Å². The van der Waals surface area contributed by atoms with Gasteiger partial charge in [0.25, 0.3) is 0 Å². The van der Waals surface area contributed by atoms with Gasteiger partial charge in [0.2, 0.25) is 5.91 Å². The molecule has 0 spiro atoms. The molecule has 0 heterocycles. The van der Waals surface area contributed by atoms with Gasteiger partial charge in [0.1, 0.15) is 0 Å². The molecule has 0 aromatic heterocycles. The molecule has 3 N–H and O–H groups in total. The summed E-state index contributed by atoms with van der Waals surface area (Å²) in [5.41, 5.74) is 5.98. The van der Waals surface area contributed by atoms with Crippen LogP contribution in [0.3, 0.4) is 0 Å². The van der Waals surface area contributed by atoms with E-state index in [9.17, 15) is 4.79 Å². The quantitative estimate of drug-likeness (QED) is 0.804. The van der Waals surface area contributed by atoms with Gasteiger partial charge in [0.05, 0.1) is 6.04 Å². The lowest BCUT2D eigenvalue weighted by Gasteiger charge is -2.34. The van der Waals surface area contributed by atoms with E-state index in [2.05, 4.69) is 19.2 Å². The van der Waals surface area contributed by atoms with Gasteiger partial charge in [-0.05, 0) is 43.9 Å². The van der Waals surface area contributed by atoms with Crippen molar-refractivity contribution in [2.24, 2.45) is 17.1 Å². The third-order valence-corrected chi connectivity index (χ3v) is 3.44. The Balaban J connectivity index is 0.00000225. The van der Waals surface area contributed by atoms with E-state index in [0.717, 1.165) is 6.54 Å². The Morgan fingerprint density at radius 1 is 1.44 bits per heavy atom. The standard InChI is InChI=1S/C12H24N2O.ClH/c1-9(13)11(15)14-8-10-4-6-12(2,3)7-5-10;/h9-10H,4-8,13H2,1-3H3,(H,14,15);1H. The average molecular weight is 249 g/mol. The fraction of sp³-hybridized carbons (Fsp3) is 0.917. The zero-order valence-electron chi connectivity index (χ0n) is 10.6. The first kappa shape index (κ1) is 15.7. The molecule has 1 atom stereocenters. The molecule has 0 radical (unpaired) electrons. The maximum absolute atomic E-state index is 11.3. The molecule has 0 bridgehead atoms. The minimum atomic E-state index is -0.384. The number of carbonyl (C=O) groups is 1. The van der Waals surface area contributed by atoms with Crippen molar-refractivity contribution < 1.29 is 4.79 Å². The Kier molecular flexibility index (Phi) is 6.34. The van der Waals surface area contributed by atoms with Crippen LogP contribution in [-0.2, 0) is 4.79 Å². The summed E-state index contributed by atoms with van der Waals surface area (Å²) in [6.07, 6.45) is 5.00. The predicted molar refractivity (Wildman–Crippen MR) is 69.6 cm³/mol. The number of carbonyl (C=O) groups excluding carboxylic acids is 1. The summed E-state index contributed by atoms with van der Waals surface area (Å²) in [6.45, 7) is 7.17. The van der Waals surface area contributed by atoms with E-state index in [1.165, 1.54) is 25.7 Å². The monoisotopic (exact) mass is 248 g/mol. The fourth-order valence-corrected chi connectivity index (χ4v) is 2.07. The van der Waals surface area contributed by atoms with E-state index in [-0.39, 0.29) is 24.4 Å². The highest BCUT2D eigenvalue weighted by Gasteiger charge is 2.26. The average Bonchev–Trinajstić information content (AvgIpc) is 2.15. The van der Waals surface area contributed by atoms with Crippen molar-refractivity contribution in [3.05, 3.63) is 0 Å². The largest absolute Gasteiger partial charge is 0.354 e. The molecule has 0 aromatic rings. The summed E-state index contributed by atoms with van der Waals surface area (Å²) in [4.78, 5) is 11.3. The van der Waals surface area contributed by atoms with Crippen molar-refractivity contribution >= 4 is 18.3 Å². The summed E-state index contributed by atoms with van der Waals surface area (Å²) in [5, 5.41) is 2.92. The number of nitrogens with two attached hydrogens (primary N) is 1. The summed E-state index contributed by atoms with van der Waals surface area (Å²) in [7, 11) is 0. The van der Waals surface area contributed by atoms with E-state index < -0.39 is 0 Å². The molecular formula is C12H25ClN2O. The van der Waals surface area contributed by atoms with Gasteiger partial charge in [0.15, 0.2) is 0 Å². The second-order valence-corrected chi connectivity index (χ2v) is 5.64. The van der Waals surface area contributed by atoms with Crippen LogP contribution in [0.1, 0.15) is 46.5 Å². The minimum Gasteiger partial charge on any atom is -0.354 e. The normalized spacial score (nSPS) is 22.0. The Morgan fingerprint density at radius 3 is 2.38 bits per heavy atom. The van der Waals surface area contributed by atoms with E-state index in [0.29, 0.717) is 11.3 Å². The van der Waals surface area contributed by atoms with Crippen LogP contribution in [-0.4, -0.2) is 18.5 Å². The molecule has 0 saturated heterocycles. The zero-order valence-corrected chi connectivity index (χ0v) is 11.4. The first-order valence-corrected chi connectivity index (χ1v) is 5.94. The molecule has 1 aliphatic carbocycles. The van der Waals surface area contributed by atoms with Crippen molar-refractivity contribution in [3.8, 4) is 0 Å². The Morgan fingerprint density at radius 2 is 1.94 bits per heavy atom. The number of amides is 1. The molecular weight excluding hydrogens is 224 g/mol. The van der Waals surface area contributed by atoms with Gasteiger partial charge in [-0.3, -0.25) is 4.79 Å². The fourth-order valence-electron chi connectivity index (χ4n) is 2.07. The molecule has 4 heteroatoms. The third-order valence-electron chi connectivity index (χ3n) is 3.44. The van der Waals surface area contributed by atoms with E-state index in [4.69, 9.17) is 5.73 Å². The Labute approximate surface area is 105 Å². The lowest BCUT2D eigenvalue weighted by Crippen LogP contribution is -2.41. The second kappa shape index (κ2) is 6.45. The molecule has 1 rings (SSSR count). The third kappa shape index (κ3) is 5.17. The molecule has 0 aliphatic heterocycles. The molecule has 1 unspecified atom stereocenters. The lowest BCUT2D eigenvalue weighted by atomic mass is 9.73. The first-order chi connectivity index (χ1) is 6.91. The topological polar surface area (TPSA) is 55.1 Å². The van der Waals surface area contributed by atoms with Crippen LogP contribution in [0.25, 0.3) is 0 Å². The minimum absolute atomic E-state index is 0. The molecule has 1 aliphatic rings. The lowest BCUT2D eigenvalue weighted by molar-refractivity contribution is -0.122. The molecule has 1 fully saturated rings. The molecule has 1 saturated carbocycles. The summed E-state index contributed by atoms with van der Waals surface area (Å²) < 4.78 is 0. The van der Waals surface area contributed by atoms with Crippen LogP contribution in [0.4, 0.5) is 0 Å². The first-order valence-electron chi connectivity index (χ1n) is 5.94. The molecule has 0 aromatic carbocycles. The van der Waals surface area contributed by atoms with E-state index in [1.807, 2.05) is 0 Å². The van der Waals surface area contributed by atoms with Gasteiger partial charge in [0, 0.05) is 6.54 Å². The maximum atomic E-state index is 11.3. The highest BCUT2D eigenvalue weighted by molar-refractivity contribution is 5.85. The van der Waals surface area contributed by atoms with Crippen molar-refractivity contribution in [1.29, 1.82) is 0 Å². The zero-order chi connectivity index (χ0) is 11.5. The van der Waals surface area contributed by atoms with Crippen molar-refractivity contribution in [2.45, 2.75) is 52.5 Å². The van der Waals surface area contributed by atoms with Crippen molar-refractivity contribution in [3.63, 3.8) is 0 Å². The van der Waals surface area contributed by atoms with Gasteiger partial charge in [-0.1, -0.05) is 13.8 Å². The molecule has 16 heavy (non-hydrogen) atoms. The predicted octanol–water partition coefficient (Wildman–Crippen LogP) is 2.09. The van der Waals surface area contributed by atoms with Crippen LogP contribution in [0, 0.1) is 11.3 Å². The maximum Gasteiger partial charge on any atom is 0.236 e. The van der Waals surface area contributed by atoms with Gasteiger partial charge in [-0.2, -0.15) is 0 Å². The highest BCUT2D eigenvalue weighted by atomic mass is 35.5. The number of rotatable bonds is 3. The molecule has 96 valence electrons. The number of nitrogens with one attached hydrogen (secondary N) is 1. The smallest absolute Gasteiger partial charge is 0.236 e. The summed E-state index contributed by atoms with van der Waals surface area (Å²) >= 11 is 0. The van der Waals surface area contributed by atoms with Crippen molar-refractivity contribution in [2.75, 3.05) is 6.54 Å². The van der Waals surface area contributed by atoms with Gasteiger partial charge in [-0.15, -0.1) is 12.4 Å². The van der Waals surface area contributed by atoms with Crippen LogP contribution in [0.2, 0.25) is 0 Å². The molecule has 3 nitrogen and oxygen atoms in total. The molecule has 1 amide bonds. The Bertz CT molecular complexity index is 219. The van der Waals surface area contributed by atoms with Gasteiger partial charge < -0.3 is 11.1 Å². The van der Waals surface area contributed by atoms with Crippen LogP contribution < -0.4 is 11.1 Å². The summed E-state index contributed by atoms with van der Waals surface area (Å²) in [5.74, 6) is 0.626. The highest BCUT2D eigenvalue weighted by Crippen LogP contribution is 2.37. The number of hydrogen-bond donors (Lipinski definition) is 2. The van der Waals surface area contributed by atoms with Gasteiger partial charge in [-0.25, -0.2) is 0 Å². The number of halogens is 1. The Hall–Kier alpha value is -0.280. The number of hydrogen-bond acceptors (Lipinski definition) is 2. The SMILES string of the molecule is CC(N)C(=O)NCC1CCC(C)(C)CC1.Cl. The summed E-state index contributed by atoms with van der Waals surface area (Å²) in [6, 6.07) is -0.384.